The van der Waals surface area contributed by atoms with E-state index < -0.39 is 16.1 Å². The zero-order valence-corrected chi connectivity index (χ0v) is 19.6. The van der Waals surface area contributed by atoms with Crippen LogP contribution in [0.15, 0.2) is 78.9 Å². The fraction of sp³-hybridized carbons (Fsp3) is 0.269. The van der Waals surface area contributed by atoms with E-state index in [-0.39, 0.29) is 24.2 Å². The van der Waals surface area contributed by atoms with Gasteiger partial charge in [0.1, 0.15) is 5.75 Å². The molecule has 1 N–H and O–H groups in total. The second-order valence-corrected chi connectivity index (χ2v) is 10.1. The van der Waals surface area contributed by atoms with Gasteiger partial charge < -0.3 is 10.1 Å². The molecule has 1 amide bonds. The first-order valence-electron chi connectivity index (χ1n) is 11.0. The highest BCUT2D eigenvalue weighted by Crippen LogP contribution is 2.36. The molecule has 0 saturated heterocycles. The first-order valence-corrected chi connectivity index (χ1v) is 12.7. The van der Waals surface area contributed by atoms with Crippen molar-refractivity contribution in [1.29, 1.82) is 0 Å². The molecule has 1 aliphatic heterocycles. The Balaban J connectivity index is 1.57. The summed E-state index contributed by atoms with van der Waals surface area (Å²) in [4.78, 5) is 13.2. The number of aryl methyl sites for hydroxylation is 1. The largest absolute Gasteiger partial charge is 0.476 e. The highest BCUT2D eigenvalue weighted by atomic mass is 32.2. The van der Waals surface area contributed by atoms with Gasteiger partial charge in [0.2, 0.25) is 10.0 Å². The van der Waals surface area contributed by atoms with Gasteiger partial charge >= 0.3 is 0 Å². The lowest BCUT2D eigenvalue weighted by Gasteiger charge is -2.35. The van der Waals surface area contributed by atoms with Crippen molar-refractivity contribution in [3.05, 3.63) is 95.6 Å². The van der Waals surface area contributed by atoms with Crippen LogP contribution in [0.4, 0.5) is 5.69 Å². The highest BCUT2D eigenvalue weighted by Gasteiger charge is 2.37. The molecule has 0 fully saturated rings. The zero-order chi connectivity index (χ0) is 23.4. The van der Waals surface area contributed by atoms with Crippen molar-refractivity contribution in [3.63, 3.8) is 0 Å². The molecule has 1 aliphatic rings. The number of nitrogens with one attached hydrogen (secondary N) is 1. The van der Waals surface area contributed by atoms with Gasteiger partial charge in [-0.15, -0.1) is 0 Å². The van der Waals surface area contributed by atoms with Crippen LogP contribution in [0, 0.1) is 6.92 Å². The number of para-hydroxylation sites is 2. The number of anilines is 1. The minimum absolute atomic E-state index is 0.0810. The van der Waals surface area contributed by atoms with Gasteiger partial charge in [0, 0.05) is 0 Å². The van der Waals surface area contributed by atoms with Crippen LogP contribution in [0.1, 0.15) is 36.1 Å². The van der Waals surface area contributed by atoms with Crippen LogP contribution in [0.3, 0.4) is 0 Å². The maximum absolute atomic E-state index is 13.4. The summed E-state index contributed by atoms with van der Waals surface area (Å²) in [5.74, 6) is -0.113. The fourth-order valence-corrected chi connectivity index (χ4v) is 5.53. The Morgan fingerprint density at radius 1 is 1.03 bits per heavy atom. The summed E-state index contributed by atoms with van der Waals surface area (Å²) in [7, 11) is -3.73. The van der Waals surface area contributed by atoms with Crippen LogP contribution >= 0.6 is 0 Å². The molecule has 6 nitrogen and oxygen atoms in total. The Morgan fingerprint density at radius 2 is 1.70 bits per heavy atom. The fourth-order valence-electron chi connectivity index (χ4n) is 3.95. The van der Waals surface area contributed by atoms with Gasteiger partial charge in [-0.1, -0.05) is 79.2 Å². The number of fused-ring (bicyclic) bond motifs is 1. The summed E-state index contributed by atoms with van der Waals surface area (Å²) < 4.78 is 34.0. The van der Waals surface area contributed by atoms with Crippen LogP contribution in [0.2, 0.25) is 0 Å². The molecule has 4 rings (SSSR count). The highest BCUT2D eigenvalue weighted by molar-refractivity contribution is 7.92. The molecule has 0 spiro atoms. The summed E-state index contributed by atoms with van der Waals surface area (Å²) in [5, 5.41) is 3.04. The summed E-state index contributed by atoms with van der Waals surface area (Å²) in [6.07, 6.45) is -0.251. The van der Waals surface area contributed by atoms with Crippen molar-refractivity contribution in [3.8, 4) is 5.75 Å². The average Bonchev–Trinajstić information content (AvgIpc) is 2.82. The Morgan fingerprint density at radius 3 is 2.39 bits per heavy atom. The van der Waals surface area contributed by atoms with Crippen LogP contribution in [0.5, 0.6) is 5.75 Å². The van der Waals surface area contributed by atoms with Crippen LogP contribution < -0.4 is 14.4 Å². The number of ether oxygens (including phenoxy) is 1. The summed E-state index contributed by atoms with van der Waals surface area (Å²) in [6.45, 7) is 3.93. The molecule has 3 aromatic rings. The van der Waals surface area contributed by atoms with Crippen LogP contribution in [-0.4, -0.2) is 27.0 Å². The number of nitrogens with zero attached hydrogens (tertiary/aromatic N) is 1. The molecule has 0 saturated carbocycles. The first kappa shape index (κ1) is 22.9. The third kappa shape index (κ3) is 5.20. The van der Waals surface area contributed by atoms with Gasteiger partial charge in [-0.25, -0.2) is 8.42 Å². The molecule has 7 heteroatoms. The number of carbonyl (C=O) groups excluding carboxylic acids is 1. The molecule has 0 aliphatic carbocycles. The number of sulfonamides is 1. The smallest absolute Gasteiger partial charge is 0.263 e. The van der Waals surface area contributed by atoms with Crippen LogP contribution in [-0.2, 0) is 20.6 Å². The SMILES string of the molecule is CC[C@H](NC(=O)[C@@H]1CN(S(=O)(=O)Cc2ccccc2)c2ccccc2O1)c1ccc(C)cc1. The monoisotopic (exact) mass is 464 g/mol. The summed E-state index contributed by atoms with van der Waals surface area (Å²) in [6, 6.07) is 23.8. The number of hydrogen-bond acceptors (Lipinski definition) is 4. The van der Waals surface area contributed by atoms with E-state index in [2.05, 4.69) is 5.32 Å². The topological polar surface area (TPSA) is 75.7 Å². The second kappa shape index (κ2) is 9.67. The standard InChI is InChI=1S/C26H28N2O4S/c1-3-22(21-15-13-19(2)14-16-21)27-26(29)25-17-28(23-11-7-8-12-24(23)32-25)33(30,31)18-20-9-5-4-6-10-20/h4-16,22,25H,3,17-18H2,1-2H3,(H,27,29)/t22-,25-/m0/s1. The minimum Gasteiger partial charge on any atom is -0.476 e. The maximum Gasteiger partial charge on any atom is 0.263 e. The van der Waals surface area contributed by atoms with Crippen molar-refractivity contribution < 1.29 is 17.9 Å². The predicted molar refractivity (Wildman–Crippen MR) is 130 cm³/mol. The van der Waals surface area contributed by atoms with E-state index in [0.29, 0.717) is 23.4 Å². The molecule has 0 aromatic heterocycles. The normalized spacial score (nSPS) is 16.4. The van der Waals surface area contributed by atoms with Crippen LogP contribution in [0.25, 0.3) is 0 Å². The van der Waals surface area contributed by atoms with E-state index in [4.69, 9.17) is 4.74 Å². The quantitative estimate of drug-likeness (QED) is 0.564. The lowest BCUT2D eigenvalue weighted by Crippen LogP contribution is -2.51. The van der Waals surface area contributed by atoms with Crippen molar-refractivity contribution in [1.82, 2.24) is 5.32 Å². The second-order valence-electron chi connectivity index (χ2n) is 8.23. The summed E-state index contributed by atoms with van der Waals surface area (Å²) in [5.41, 5.74) is 3.28. The molecular weight excluding hydrogens is 436 g/mol. The molecule has 2 atom stereocenters. The van der Waals surface area contributed by atoms with Crippen molar-refractivity contribution >= 4 is 21.6 Å². The number of carbonyl (C=O) groups is 1. The van der Waals surface area contributed by atoms with Gasteiger partial charge in [-0.05, 0) is 36.6 Å². The molecule has 1 heterocycles. The van der Waals surface area contributed by atoms with E-state index in [0.717, 1.165) is 11.1 Å². The summed E-state index contributed by atoms with van der Waals surface area (Å²) >= 11 is 0. The lowest BCUT2D eigenvalue weighted by molar-refractivity contribution is -0.128. The average molecular weight is 465 g/mol. The maximum atomic E-state index is 13.4. The molecular formula is C26H28N2O4S. The molecule has 0 bridgehead atoms. The van der Waals surface area contributed by atoms with E-state index in [9.17, 15) is 13.2 Å². The minimum atomic E-state index is -3.73. The Hall–Kier alpha value is -3.32. The van der Waals surface area contributed by atoms with Gasteiger partial charge in [0.05, 0.1) is 24.0 Å². The van der Waals surface area contributed by atoms with Crippen molar-refractivity contribution in [2.75, 3.05) is 10.8 Å². The van der Waals surface area contributed by atoms with E-state index in [1.807, 2.05) is 56.3 Å². The Bertz CT molecular complexity index is 1210. The zero-order valence-electron chi connectivity index (χ0n) is 18.8. The number of benzene rings is 3. The van der Waals surface area contributed by atoms with Gasteiger partial charge in [0.15, 0.2) is 6.10 Å². The van der Waals surface area contributed by atoms with Crippen molar-refractivity contribution in [2.24, 2.45) is 0 Å². The van der Waals surface area contributed by atoms with Gasteiger partial charge in [-0.2, -0.15) is 0 Å². The van der Waals surface area contributed by atoms with Gasteiger partial charge in [-0.3, -0.25) is 9.10 Å². The molecule has 0 unspecified atom stereocenters. The number of hydrogen-bond donors (Lipinski definition) is 1. The number of amides is 1. The van der Waals surface area contributed by atoms with E-state index in [1.54, 1.807) is 36.4 Å². The Kier molecular flexibility index (Phi) is 6.70. The van der Waals surface area contributed by atoms with E-state index in [1.165, 1.54) is 4.31 Å². The third-order valence-corrected chi connectivity index (χ3v) is 7.47. The molecule has 3 aromatic carbocycles. The molecule has 33 heavy (non-hydrogen) atoms. The predicted octanol–water partition coefficient (Wildman–Crippen LogP) is 4.36. The number of rotatable bonds is 7. The van der Waals surface area contributed by atoms with Crippen molar-refractivity contribution in [2.45, 2.75) is 38.2 Å². The van der Waals surface area contributed by atoms with E-state index >= 15 is 0 Å². The lowest BCUT2D eigenvalue weighted by atomic mass is 10.0. The molecule has 0 radical (unpaired) electrons. The molecule has 172 valence electrons. The van der Waals surface area contributed by atoms with Gasteiger partial charge in [0.25, 0.3) is 5.91 Å². The Labute approximate surface area is 195 Å². The first-order chi connectivity index (χ1) is 15.9. The third-order valence-electron chi connectivity index (χ3n) is 5.76.